The van der Waals surface area contributed by atoms with Gasteiger partial charge in [0.1, 0.15) is 12.4 Å². The molecule has 0 unspecified atom stereocenters. The van der Waals surface area contributed by atoms with Gasteiger partial charge in [0, 0.05) is 5.69 Å². The van der Waals surface area contributed by atoms with Crippen LogP contribution in [0.2, 0.25) is 0 Å². The third-order valence-corrected chi connectivity index (χ3v) is 2.64. The van der Waals surface area contributed by atoms with Crippen LogP contribution in [0.15, 0.2) is 42.5 Å². The molecule has 0 aromatic heterocycles. The molecule has 0 saturated heterocycles. The van der Waals surface area contributed by atoms with Gasteiger partial charge in [-0.2, -0.15) is 0 Å². The molecule has 0 spiro atoms. The van der Waals surface area contributed by atoms with E-state index in [2.05, 4.69) is 5.43 Å². The lowest BCUT2D eigenvalue weighted by Gasteiger charge is -2.08. The van der Waals surface area contributed by atoms with Crippen LogP contribution in [0.4, 0.5) is 10.1 Å². The lowest BCUT2D eigenvalue weighted by molar-refractivity contribution is 0.305. The minimum Gasteiger partial charge on any atom is -0.494 e. The van der Waals surface area contributed by atoms with Gasteiger partial charge in [-0.15, -0.1) is 0 Å². The summed E-state index contributed by atoms with van der Waals surface area (Å²) >= 11 is 0. The molecule has 0 aliphatic rings. The third kappa shape index (κ3) is 3.35. The largest absolute Gasteiger partial charge is 0.494 e. The number of rotatable bonds is 5. The van der Waals surface area contributed by atoms with E-state index in [1.54, 1.807) is 36.4 Å². The van der Waals surface area contributed by atoms with Gasteiger partial charge >= 0.3 is 0 Å². The van der Waals surface area contributed by atoms with Crippen molar-refractivity contribution >= 4 is 5.69 Å². The fraction of sp³-hybridized carbons (Fsp3) is 0.143. The van der Waals surface area contributed by atoms with Crippen LogP contribution in [-0.4, -0.2) is 7.11 Å². The summed E-state index contributed by atoms with van der Waals surface area (Å²) in [5.41, 5.74) is 4.06. The summed E-state index contributed by atoms with van der Waals surface area (Å²) in [7, 11) is 1.43. The van der Waals surface area contributed by atoms with Crippen LogP contribution in [0.1, 0.15) is 5.56 Å². The lowest BCUT2D eigenvalue weighted by atomic mass is 10.2. The normalized spacial score (nSPS) is 10.1. The second kappa shape index (κ2) is 6.06. The molecule has 19 heavy (non-hydrogen) atoms. The Labute approximate surface area is 110 Å². The van der Waals surface area contributed by atoms with E-state index in [4.69, 9.17) is 15.3 Å². The maximum Gasteiger partial charge on any atom is 0.165 e. The number of hydrogen-bond acceptors (Lipinski definition) is 4. The SMILES string of the molecule is COc1ccc(COc2ccc(NN)cc2)cc1F. The number of ether oxygens (including phenoxy) is 2. The maximum absolute atomic E-state index is 13.5. The Morgan fingerprint density at radius 1 is 1.16 bits per heavy atom. The van der Waals surface area contributed by atoms with E-state index in [1.807, 2.05) is 0 Å². The van der Waals surface area contributed by atoms with E-state index in [0.29, 0.717) is 5.75 Å². The standard InChI is InChI=1S/C14H15FN2O2/c1-18-14-7-2-10(8-13(14)15)9-19-12-5-3-11(17-16)4-6-12/h2-8,17H,9,16H2,1H3. The average molecular weight is 262 g/mol. The van der Waals surface area contributed by atoms with Crippen LogP contribution in [0.25, 0.3) is 0 Å². The zero-order chi connectivity index (χ0) is 13.7. The molecule has 5 heteroatoms. The first kappa shape index (κ1) is 13.2. The Balaban J connectivity index is 1.99. The van der Waals surface area contributed by atoms with E-state index in [-0.39, 0.29) is 12.4 Å². The number of hydrogen-bond donors (Lipinski definition) is 2. The van der Waals surface area contributed by atoms with Gasteiger partial charge in [0.25, 0.3) is 0 Å². The van der Waals surface area contributed by atoms with Gasteiger partial charge in [0.15, 0.2) is 11.6 Å². The van der Waals surface area contributed by atoms with Gasteiger partial charge in [0.2, 0.25) is 0 Å². The fourth-order valence-electron chi connectivity index (χ4n) is 1.61. The Bertz CT molecular complexity index is 544. The summed E-state index contributed by atoms with van der Waals surface area (Å²) in [5.74, 6) is 5.78. The number of anilines is 1. The minimum absolute atomic E-state index is 0.224. The van der Waals surface area contributed by atoms with E-state index >= 15 is 0 Å². The van der Waals surface area contributed by atoms with E-state index in [1.165, 1.54) is 13.2 Å². The highest BCUT2D eigenvalue weighted by Crippen LogP contribution is 2.20. The zero-order valence-electron chi connectivity index (χ0n) is 10.5. The Kier molecular flexibility index (Phi) is 4.20. The molecule has 0 fully saturated rings. The molecule has 2 aromatic rings. The number of hydrazine groups is 1. The fourth-order valence-corrected chi connectivity index (χ4v) is 1.61. The number of halogens is 1. The Morgan fingerprint density at radius 3 is 2.47 bits per heavy atom. The van der Waals surface area contributed by atoms with Gasteiger partial charge in [-0.1, -0.05) is 6.07 Å². The van der Waals surface area contributed by atoms with Crippen molar-refractivity contribution in [2.45, 2.75) is 6.61 Å². The van der Waals surface area contributed by atoms with Gasteiger partial charge < -0.3 is 14.9 Å². The predicted molar refractivity (Wildman–Crippen MR) is 71.5 cm³/mol. The molecule has 2 rings (SSSR count). The maximum atomic E-state index is 13.5. The summed E-state index contributed by atoms with van der Waals surface area (Å²) in [6.07, 6.45) is 0. The van der Waals surface area contributed by atoms with Crippen molar-refractivity contribution in [3.8, 4) is 11.5 Å². The van der Waals surface area contributed by atoms with Gasteiger partial charge in [-0.3, -0.25) is 5.84 Å². The number of methoxy groups -OCH3 is 1. The highest BCUT2D eigenvalue weighted by Gasteiger charge is 2.04. The number of nitrogens with one attached hydrogen (secondary N) is 1. The molecule has 0 heterocycles. The molecule has 3 N–H and O–H groups in total. The molecule has 0 aliphatic heterocycles. The average Bonchev–Trinajstić information content (AvgIpc) is 2.46. The first-order chi connectivity index (χ1) is 9.22. The monoisotopic (exact) mass is 262 g/mol. The molecule has 0 atom stereocenters. The van der Waals surface area contributed by atoms with Crippen molar-refractivity contribution in [1.82, 2.24) is 0 Å². The van der Waals surface area contributed by atoms with Crippen LogP contribution in [-0.2, 0) is 6.61 Å². The molecule has 2 aromatic carbocycles. The smallest absolute Gasteiger partial charge is 0.165 e. The topological polar surface area (TPSA) is 56.5 Å². The first-order valence-corrected chi connectivity index (χ1v) is 5.75. The molecular formula is C14H15FN2O2. The van der Waals surface area contributed by atoms with Crippen LogP contribution in [0.5, 0.6) is 11.5 Å². The van der Waals surface area contributed by atoms with Crippen molar-refractivity contribution in [2.75, 3.05) is 12.5 Å². The highest BCUT2D eigenvalue weighted by atomic mass is 19.1. The van der Waals surface area contributed by atoms with Crippen molar-refractivity contribution in [3.05, 3.63) is 53.8 Å². The summed E-state index contributed by atoms with van der Waals surface area (Å²) in [4.78, 5) is 0. The van der Waals surface area contributed by atoms with E-state index < -0.39 is 5.82 Å². The summed E-state index contributed by atoms with van der Waals surface area (Å²) < 4.78 is 23.9. The minimum atomic E-state index is -0.397. The predicted octanol–water partition coefficient (Wildman–Crippen LogP) is 2.70. The molecule has 0 saturated carbocycles. The van der Waals surface area contributed by atoms with Gasteiger partial charge in [-0.05, 0) is 42.0 Å². The molecule has 100 valence electrons. The van der Waals surface area contributed by atoms with Crippen molar-refractivity contribution < 1.29 is 13.9 Å². The molecule has 0 amide bonds. The van der Waals surface area contributed by atoms with Crippen molar-refractivity contribution in [3.63, 3.8) is 0 Å². The molecule has 0 radical (unpaired) electrons. The van der Waals surface area contributed by atoms with Crippen LogP contribution >= 0.6 is 0 Å². The van der Waals surface area contributed by atoms with Gasteiger partial charge in [-0.25, -0.2) is 4.39 Å². The lowest BCUT2D eigenvalue weighted by Crippen LogP contribution is -2.06. The van der Waals surface area contributed by atoms with E-state index in [0.717, 1.165) is 11.3 Å². The van der Waals surface area contributed by atoms with Crippen LogP contribution in [0, 0.1) is 5.82 Å². The summed E-state index contributed by atoms with van der Waals surface area (Å²) in [6.45, 7) is 0.288. The second-order valence-corrected chi connectivity index (χ2v) is 3.93. The summed E-state index contributed by atoms with van der Waals surface area (Å²) in [5, 5.41) is 0. The number of nitrogen functional groups attached to an aromatic ring is 1. The molecule has 0 aliphatic carbocycles. The molecule has 4 nitrogen and oxygen atoms in total. The second-order valence-electron chi connectivity index (χ2n) is 3.93. The van der Waals surface area contributed by atoms with Gasteiger partial charge in [0.05, 0.1) is 7.11 Å². The summed E-state index contributed by atoms with van der Waals surface area (Å²) in [6, 6.07) is 11.9. The van der Waals surface area contributed by atoms with Crippen molar-refractivity contribution in [1.29, 1.82) is 0 Å². The zero-order valence-corrected chi connectivity index (χ0v) is 10.5. The Morgan fingerprint density at radius 2 is 1.89 bits per heavy atom. The third-order valence-electron chi connectivity index (χ3n) is 2.64. The molecular weight excluding hydrogens is 247 g/mol. The quantitative estimate of drug-likeness (QED) is 0.642. The molecule has 0 bridgehead atoms. The highest BCUT2D eigenvalue weighted by molar-refractivity contribution is 5.45. The van der Waals surface area contributed by atoms with Crippen LogP contribution in [0.3, 0.4) is 0 Å². The van der Waals surface area contributed by atoms with Crippen LogP contribution < -0.4 is 20.7 Å². The van der Waals surface area contributed by atoms with Crippen molar-refractivity contribution in [2.24, 2.45) is 5.84 Å². The number of nitrogens with two attached hydrogens (primary N) is 1. The number of benzene rings is 2. The first-order valence-electron chi connectivity index (χ1n) is 5.75. The van der Waals surface area contributed by atoms with E-state index in [9.17, 15) is 4.39 Å². The Hall–Kier alpha value is -2.27.